The molecule has 1 N–H and O–H groups in total. The number of anilines is 1. The van der Waals surface area contributed by atoms with E-state index < -0.39 is 23.6 Å². The zero-order valence-electron chi connectivity index (χ0n) is 18.8. The first-order valence-corrected chi connectivity index (χ1v) is 11.3. The minimum atomic E-state index is -4.26. The highest BCUT2D eigenvalue weighted by molar-refractivity contribution is 5.66. The van der Waals surface area contributed by atoms with Gasteiger partial charge in [0.1, 0.15) is 5.75 Å². The first-order valence-electron chi connectivity index (χ1n) is 11.3. The number of ether oxygens (including phenoxy) is 1. The van der Waals surface area contributed by atoms with Crippen molar-refractivity contribution in [2.24, 2.45) is 17.8 Å². The fourth-order valence-corrected chi connectivity index (χ4v) is 4.75. The van der Waals surface area contributed by atoms with E-state index in [0.29, 0.717) is 26.0 Å². The molecule has 3 unspecified atom stereocenters. The van der Waals surface area contributed by atoms with Crippen LogP contribution in [-0.2, 0) is 4.79 Å². The molecule has 0 amide bonds. The highest BCUT2D eigenvalue weighted by Gasteiger charge is 2.39. The number of aliphatic carboxylic acids is 1. The van der Waals surface area contributed by atoms with Crippen LogP contribution < -0.4 is 9.64 Å². The van der Waals surface area contributed by atoms with Gasteiger partial charge < -0.3 is 14.7 Å². The molecule has 0 radical (unpaired) electrons. The van der Waals surface area contributed by atoms with E-state index in [1.807, 2.05) is 31.2 Å². The van der Waals surface area contributed by atoms with Gasteiger partial charge in [0.25, 0.3) is 0 Å². The van der Waals surface area contributed by atoms with E-state index in [4.69, 9.17) is 9.84 Å². The van der Waals surface area contributed by atoms with Crippen LogP contribution in [0.1, 0.15) is 33.1 Å². The molecule has 8 heteroatoms. The molecular weight excluding hydrogens is 421 g/mol. The Bertz CT molecular complexity index is 787. The minimum absolute atomic E-state index is 0.0784. The average Bonchev–Trinajstić information content (AvgIpc) is 2.89. The van der Waals surface area contributed by atoms with Crippen LogP contribution in [-0.4, -0.2) is 61.5 Å². The summed E-state index contributed by atoms with van der Waals surface area (Å²) in [5.41, 5.74) is 0.686. The molecule has 1 aliphatic carbocycles. The second-order valence-corrected chi connectivity index (χ2v) is 9.11. The molecule has 178 valence electrons. The van der Waals surface area contributed by atoms with E-state index in [0.717, 1.165) is 37.6 Å². The van der Waals surface area contributed by atoms with Crippen LogP contribution in [0.25, 0.3) is 0 Å². The van der Waals surface area contributed by atoms with E-state index in [9.17, 15) is 18.0 Å². The van der Waals surface area contributed by atoms with E-state index >= 15 is 0 Å². The summed E-state index contributed by atoms with van der Waals surface area (Å²) in [6.07, 6.45) is -1.55. The smallest absolute Gasteiger partial charge is 0.412 e. The quantitative estimate of drug-likeness (QED) is 0.598. The van der Waals surface area contributed by atoms with Crippen LogP contribution >= 0.6 is 0 Å². The normalized spacial score (nSPS) is 25.2. The van der Waals surface area contributed by atoms with Gasteiger partial charge in [-0.15, -0.1) is 0 Å². The summed E-state index contributed by atoms with van der Waals surface area (Å²) in [4.78, 5) is 15.1. The monoisotopic (exact) mass is 454 g/mol. The highest BCUT2D eigenvalue weighted by Crippen LogP contribution is 2.39. The first-order chi connectivity index (χ1) is 15.1. The van der Waals surface area contributed by atoms with Crippen LogP contribution in [0.2, 0.25) is 0 Å². The number of nitrogens with zero attached hydrogens (tertiary/aromatic N) is 2. The second kappa shape index (κ2) is 10.6. The van der Waals surface area contributed by atoms with Gasteiger partial charge in [-0.2, -0.15) is 13.2 Å². The van der Waals surface area contributed by atoms with Gasteiger partial charge in [-0.05, 0) is 54.9 Å². The summed E-state index contributed by atoms with van der Waals surface area (Å²) < 4.78 is 45.8. The zero-order valence-corrected chi connectivity index (χ0v) is 18.8. The molecule has 3 rings (SSSR count). The number of piperazine rings is 1. The summed E-state index contributed by atoms with van der Waals surface area (Å²) >= 11 is 0. The lowest BCUT2D eigenvalue weighted by Gasteiger charge is -2.36. The summed E-state index contributed by atoms with van der Waals surface area (Å²) in [6, 6.07) is 7.83. The number of rotatable bonds is 7. The summed E-state index contributed by atoms with van der Waals surface area (Å²) in [5, 5.41) is 8.81. The van der Waals surface area contributed by atoms with Crippen molar-refractivity contribution in [1.82, 2.24) is 4.90 Å². The van der Waals surface area contributed by atoms with Crippen molar-refractivity contribution in [1.29, 1.82) is 0 Å². The molecule has 1 aromatic rings. The number of allylic oxidation sites excluding steroid dienone is 2. The molecule has 1 fully saturated rings. The molecule has 1 saturated heterocycles. The zero-order chi connectivity index (χ0) is 23.3. The third-order valence-corrected chi connectivity index (χ3v) is 6.42. The van der Waals surface area contributed by atoms with Crippen molar-refractivity contribution in [3.8, 4) is 5.75 Å². The standard InChI is InChI=1S/C24H33F3N2O3/c1-17-13-19(15-18(2)22(14-17)24(25,26)27)16-32-21-5-3-20(4-6-21)29-11-9-28(10-12-29)8-7-23(30)31/h3-6,14,17-19H,7-13,15-16H2,1-2H3,(H,30,31). The molecule has 0 bridgehead atoms. The lowest BCUT2D eigenvalue weighted by atomic mass is 9.91. The second-order valence-electron chi connectivity index (χ2n) is 9.11. The van der Waals surface area contributed by atoms with Crippen molar-refractivity contribution in [2.75, 3.05) is 44.2 Å². The Morgan fingerprint density at radius 2 is 1.75 bits per heavy atom. The molecular formula is C24H33F3N2O3. The maximum Gasteiger partial charge on any atom is 0.412 e. The SMILES string of the molecule is CC1C=C(C(F)(F)F)C(C)CC(COc2ccc(N3CCN(CCC(=O)O)CC3)cc2)C1. The lowest BCUT2D eigenvalue weighted by molar-refractivity contribution is -0.137. The third kappa shape index (κ3) is 6.89. The van der Waals surface area contributed by atoms with E-state index in [1.165, 1.54) is 6.08 Å². The Morgan fingerprint density at radius 1 is 1.09 bits per heavy atom. The number of halogens is 3. The molecule has 3 atom stereocenters. The van der Waals surface area contributed by atoms with Crippen molar-refractivity contribution in [3.05, 3.63) is 35.9 Å². The van der Waals surface area contributed by atoms with Crippen LogP contribution in [0.15, 0.2) is 35.9 Å². The summed E-state index contributed by atoms with van der Waals surface area (Å²) in [7, 11) is 0. The maximum atomic E-state index is 13.3. The Morgan fingerprint density at radius 3 is 2.34 bits per heavy atom. The lowest BCUT2D eigenvalue weighted by Crippen LogP contribution is -2.46. The number of carboxylic acid groups (broad SMARTS) is 1. The van der Waals surface area contributed by atoms with Gasteiger partial charge in [0.05, 0.1) is 13.0 Å². The van der Waals surface area contributed by atoms with E-state index in [-0.39, 0.29) is 18.3 Å². The number of alkyl halides is 3. The number of hydrogen-bond donors (Lipinski definition) is 1. The molecule has 1 aromatic carbocycles. The predicted molar refractivity (Wildman–Crippen MR) is 118 cm³/mol. The number of carbonyl (C=O) groups is 1. The van der Waals surface area contributed by atoms with Crippen molar-refractivity contribution >= 4 is 11.7 Å². The summed E-state index contributed by atoms with van der Waals surface area (Å²) in [6.45, 7) is 7.82. The first kappa shape index (κ1) is 24.4. The van der Waals surface area contributed by atoms with E-state index in [1.54, 1.807) is 6.92 Å². The topological polar surface area (TPSA) is 53.0 Å². The van der Waals surface area contributed by atoms with Gasteiger partial charge in [-0.25, -0.2) is 0 Å². The Kier molecular flexibility index (Phi) is 8.09. The molecule has 2 aliphatic rings. The van der Waals surface area contributed by atoms with Gasteiger partial charge in [0.15, 0.2) is 0 Å². The molecule has 0 spiro atoms. The fraction of sp³-hybridized carbons (Fsp3) is 0.625. The van der Waals surface area contributed by atoms with Crippen LogP contribution in [0.5, 0.6) is 5.75 Å². The maximum absolute atomic E-state index is 13.3. The minimum Gasteiger partial charge on any atom is -0.493 e. The van der Waals surface area contributed by atoms with Crippen LogP contribution in [0, 0.1) is 17.8 Å². The number of benzene rings is 1. The van der Waals surface area contributed by atoms with Gasteiger partial charge in [0, 0.05) is 44.0 Å². The van der Waals surface area contributed by atoms with Crippen molar-refractivity contribution < 1.29 is 27.8 Å². The van der Waals surface area contributed by atoms with Gasteiger partial charge in [-0.3, -0.25) is 9.69 Å². The van der Waals surface area contributed by atoms with Crippen molar-refractivity contribution in [3.63, 3.8) is 0 Å². The highest BCUT2D eigenvalue weighted by atomic mass is 19.4. The molecule has 1 aliphatic heterocycles. The van der Waals surface area contributed by atoms with E-state index in [2.05, 4.69) is 9.80 Å². The predicted octanol–water partition coefficient (Wildman–Crippen LogP) is 4.83. The third-order valence-electron chi connectivity index (χ3n) is 6.42. The Labute approximate surface area is 187 Å². The molecule has 0 aromatic heterocycles. The Balaban J connectivity index is 1.48. The van der Waals surface area contributed by atoms with Crippen molar-refractivity contribution in [2.45, 2.75) is 39.3 Å². The van der Waals surface area contributed by atoms with Crippen LogP contribution in [0.3, 0.4) is 0 Å². The van der Waals surface area contributed by atoms with Gasteiger partial charge in [-0.1, -0.05) is 19.9 Å². The number of hydrogen-bond acceptors (Lipinski definition) is 4. The molecule has 0 saturated carbocycles. The summed E-state index contributed by atoms with van der Waals surface area (Å²) in [5.74, 6) is -0.614. The van der Waals surface area contributed by atoms with Crippen LogP contribution in [0.4, 0.5) is 18.9 Å². The molecule has 32 heavy (non-hydrogen) atoms. The van der Waals surface area contributed by atoms with Gasteiger partial charge >= 0.3 is 12.1 Å². The largest absolute Gasteiger partial charge is 0.493 e. The van der Waals surface area contributed by atoms with Gasteiger partial charge in [0.2, 0.25) is 0 Å². The molecule has 1 heterocycles. The molecule has 5 nitrogen and oxygen atoms in total. The Hall–Kier alpha value is -2.22. The average molecular weight is 455 g/mol. The number of carboxylic acids is 1. The fourth-order valence-electron chi connectivity index (χ4n) is 4.75.